The van der Waals surface area contributed by atoms with E-state index in [0.29, 0.717) is 0 Å². The van der Waals surface area contributed by atoms with Gasteiger partial charge in [0.1, 0.15) is 0 Å². The van der Waals surface area contributed by atoms with E-state index in [0.717, 1.165) is 19.3 Å². The number of allylic oxidation sites excluding steroid dienone is 4. The summed E-state index contributed by atoms with van der Waals surface area (Å²) in [5.74, 6) is 0. The fourth-order valence-corrected chi connectivity index (χ4v) is 14.2. The molecule has 0 heterocycles. The molecule has 0 aromatic heterocycles. The Balaban J connectivity index is 0.00000160. The molecule has 0 unspecified atom stereocenters. The molecule has 2 aliphatic carbocycles. The van der Waals surface area contributed by atoms with Crippen LogP contribution in [-0.2, 0) is 27.7 Å². The van der Waals surface area contributed by atoms with Crippen molar-refractivity contribution in [2.24, 2.45) is 0 Å². The van der Waals surface area contributed by atoms with Crippen molar-refractivity contribution in [1.82, 2.24) is 0 Å². The summed E-state index contributed by atoms with van der Waals surface area (Å²) in [5.41, 5.74) is 11.8. The van der Waals surface area contributed by atoms with Crippen LogP contribution in [0.5, 0.6) is 0 Å². The smallest absolute Gasteiger partial charge is 1.00 e. The zero-order chi connectivity index (χ0) is 23.8. The van der Waals surface area contributed by atoms with E-state index in [1.165, 1.54) is 33.4 Å². The Hall–Kier alpha value is -2.31. The Labute approximate surface area is 241 Å². The average Bonchev–Trinajstić information content (AvgIpc) is 3.48. The first-order chi connectivity index (χ1) is 17.2. The van der Waals surface area contributed by atoms with Gasteiger partial charge in [-0.3, -0.25) is 0 Å². The van der Waals surface area contributed by atoms with Crippen molar-refractivity contribution in [2.75, 3.05) is 0 Å². The molecule has 0 aliphatic heterocycles. The van der Waals surface area contributed by atoms with Crippen LogP contribution in [0.25, 0.3) is 11.1 Å². The van der Waals surface area contributed by atoms with Gasteiger partial charge in [-0.1, -0.05) is 0 Å². The Kier molecular flexibility index (Phi) is 9.02. The number of hydrogen-bond donors (Lipinski definition) is 0. The Morgan fingerprint density at radius 3 is 1.89 bits per heavy atom. The van der Waals surface area contributed by atoms with Crippen LogP contribution in [0.15, 0.2) is 124 Å². The van der Waals surface area contributed by atoms with Crippen molar-refractivity contribution in [2.45, 2.75) is 33.1 Å². The van der Waals surface area contributed by atoms with Crippen LogP contribution in [0.1, 0.15) is 48.9 Å². The summed E-state index contributed by atoms with van der Waals surface area (Å²) in [6.07, 6.45) is 5.92. The molecule has 0 bridgehead atoms. The van der Waals surface area contributed by atoms with Crippen LogP contribution in [0, 0.1) is 0 Å². The monoisotopic (exact) mass is 598 g/mol. The number of rotatable bonds is 5. The zero-order valence-corrected chi connectivity index (χ0v) is 25.2. The molecule has 37 heavy (non-hydrogen) atoms. The van der Waals surface area contributed by atoms with Crippen molar-refractivity contribution >= 4 is 6.48 Å². The Morgan fingerprint density at radius 2 is 1.27 bits per heavy atom. The fourth-order valence-electron chi connectivity index (χ4n) is 5.87. The van der Waals surface area contributed by atoms with Crippen LogP contribution >= 0.6 is 0 Å². The van der Waals surface area contributed by atoms with Gasteiger partial charge >= 0.3 is 218 Å². The summed E-state index contributed by atoms with van der Waals surface area (Å²) >= 11 is -2.56. The van der Waals surface area contributed by atoms with Crippen LogP contribution in [0.2, 0.25) is 0 Å². The van der Waals surface area contributed by atoms with E-state index in [9.17, 15) is 0 Å². The van der Waals surface area contributed by atoms with Gasteiger partial charge in [-0.2, -0.15) is 0 Å². The van der Waals surface area contributed by atoms with Gasteiger partial charge in [-0.05, 0) is 0 Å². The first-order valence-electron chi connectivity index (χ1n) is 12.7. The van der Waals surface area contributed by atoms with Gasteiger partial charge in [0.15, 0.2) is 0 Å². The minimum Gasteiger partial charge on any atom is -1.00 e. The third-order valence-electron chi connectivity index (χ3n) is 7.60. The van der Waals surface area contributed by atoms with E-state index in [2.05, 4.69) is 123 Å². The SMILES string of the molecule is CCC1=C(C)C=[C]([Zr+2](=[C](c2ccccc2)c2ccccc2)[c]2cccc3c2Cc2ccccc2-3)C1.[Cl-].[Cl-]. The van der Waals surface area contributed by atoms with Gasteiger partial charge in [0.25, 0.3) is 0 Å². The van der Waals surface area contributed by atoms with Gasteiger partial charge in [-0.15, -0.1) is 0 Å². The number of halogens is 2. The molecule has 0 amide bonds. The zero-order valence-electron chi connectivity index (χ0n) is 21.3. The van der Waals surface area contributed by atoms with Gasteiger partial charge < -0.3 is 24.8 Å². The molecule has 3 heteroatoms. The molecule has 4 aromatic rings. The molecule has 184 valence electrons. The minimum absolute atomic E-state index is 0. The molecule has 0 saturated heterocycles. The van der Waals surface area contributed by atoms with Crippen molar-refractivity contribution in [3.63, 3.8) is 0 Å². The van der Waals surface area contributed by atoms with Gasteiger partial charge in [0, 0.05) is 0 Å². The van der Waals surface area contributed by atoms with Crippen molar-refractivity contribution in [3.05, 3.63) is 146 Å². The van der Waals surface area contributed by atoms with E-state index in [4.69, 9.17) is 0 Å². The van der Waals surface area contributed by atoms with Crippen molar-refractivity contribution in [3.8, 4) is 11.1 Å². The Morgan fingerprint density at radius 1 is 0.676 bits per heavy atom. The largest absolute Gasteiger partial charge is 1.00 e. The molecule has 0 fully saturated rings. The van der Waals surface area contributed by atoms with Crippen molar-refractivity contribution in [1.29, 1.82) is 0 Å². The van der Waals surface area contributed by atoms with E-state index >= 15 is 0 Å². The first kappa shape index (κ1) is 27.7. The van der Waals surface area contributed by atoms with Crippen LogP contribution in [0.3, 0.4) is 0 Å². The quantitative estimate of drug-likeness (QED) is 0.289. The molecule has 0 saturated carbocycles. The average molecular weight is 601 g/mol. The molecule has 6 rings (SSSR count). The standard InChI is InChI=1S/C13H9.C13H10.C8H11.2ClH.Zr/c1-3-7-12-10(5-1)9-11-6-2-4-8-13(11)12;1-3-7-12(8-4-1)11-13-9-5-2-6-10-13;1-3-8-6-4-5-7(8)2;;;/h1-5,7-8H,9H2;1-10H;5H,3,6H2,1-2H3;2*1H;/q;;;;;+2/p-2. The minimum atomic E-state index is -2.56. The van der Waals surface area contributed by atoms with E-state index in [1.807, 2.05) is 0 Å². The molecule has 0 atom stereocenters. The maximum Gasteiger partial charge on any atom is -1.00 e. The van der Waals surface area contributed by atoms with Crippen molar-refractivity contribution < 1.29 is 46.1 Å². The number of fused-ring (bicyclic) bond motifs is 3. The summed E-state index contributed by atoms with van der Waals surface area (Å²) in [6.45, 7) is 4.64. The molecule has 0 nitrogen and oxygen atoms in total. The topological polar surface area (TPSA) is 0 Å². The van der Waals surface area contributed by atoms with Crippen LogP contribution < -0.4 is 28.1 Å². The molecular formula is C34H30Cl2Zr. The Bertz CT molecular complexity index is 1470. The van der Waals surface area contributed by atoms with E-state index < -0.39 is 21.3 Å². The second-order valence-electron chi connectivity index (χ2n) is 9.63. The van der Waals surface area contributed by atoms with Crippen LogP contribution in [-0.4, -0.2) is 3.21 Å². The normalized spacial score (nSPS) is 12.9. The predicted octanol–water partition coefficient (Wildman–Crippen LogP) is 1.79. The molecule has 4 aromatic carbocycles. The fraction of sp³-hybridized carbons (Fsp3) is 0.147. The van der Waals surface area contributed by atoms with E-state index in [1.54, 1.807) is 20.9 Å². The van der Waals surface area contributed by atoms with E-state index in [-0.39, 0.29) is 24.8 Å². The maximum atomic E-state index is 2.57. The third-order valence-corrected chi connectivity index (χ3v) is 15.1. The summed E-state index contributed by atoms with van der Waals surface area (Å²) in [4.78, 5) is 0. The summed E-state index contributed by atoms with van der Waals surface area (Å²) in [6, 6.07) is 38.6. The third kappa shape index (κ3) is 5.20. The summed E-state index contributed by atoms with van der Waals surface area (Å²) in [5, 5.41) is 0. The molecular weight excluding hydrogens is 571 g/mol. The summed E-state index contributed by atoms with van der Waals surface area (Å²) < 4.78 is 4.98. The first-order valence-corrected chi connectivity index (χ1v) is 16.4. The second-order valence-corrected chi connectivity index (χ2v) is 15.6. The predicted molar refractivity (Wildman–Crippen MR) is 146 cm³/mol. The molecule has 0 spiro atoms. The number of hydrogen-bond acceptors (Lipinski definition) is 0. The summed E-state index contributed by atoms with van der Waals surface area (Å²) in [7, 11) is 0. The molecule has 0 radical (unpaired) electrons. The maximum absolute atomic E-state index is 2.57. The number of benzene rings is 4. The second kappa shape index (κ2) is 12.0. The molecule has 0 N–H and O–H groups in total. The van der Waals surface area contributed by atoms with Gasteiger partial charge in [0.2, 0.25) is 0 Å². The molecule has 2 aliphatic rings. The van der Waals surface area contributed by atoms with Gasteiger partial charge in [-0.25, -0.2) is 0 Å². The van der Waals surface area contributed by atoms with Gasteiger partial charge in [0.05, 0.1) is 0 Å². The van der Waals surface area contributed by atoms with Crippen LogP contribution in [0.4, 0.5) is 0 Å².